The summed E-state index contributed by atoms with van der Waals surface area (Å²) in [5.74, 6) is -3.66. The molecule has 6 saturated heterocycles. The Kier molecular flexibility index (Phi) is 19.3. The number of likely N-dealkylation sites (N-methyl/N-ethyl adjacent to an activating group) is 2. The molecule has 84 heavy (non-hydrogen) atoms. The number of nitrogens with zero attached hydrogens (tertiary/aromatic N) is 2. The molecule has 0 spiro atoms. The minimum absolute atomic E-state index is 0.00512. The van der Waals surface area contributed by atoms with Crippen molar-refractivity contribution >= 4 is 11.6 Å². The lowest BCUT2D eigenvalue weighted by atomic mass is 9.70. The highest BCUT2D eigenvalue weighted by Crippen LogP contribution is 2.58. The van der Waals surface area contributed by atoms with Gasteiger partial charge in [0.25, 0.3) is 0 Å². The molecule has 24 heteroatoms. The van der Waals surface area contributed by atoms with Gasteiger partial charge < -0.3 is 107 Å². The molecule has 0 unspecified atom stereocenters. The van der Waals surface area contributed by atoms with E-state index in [0.29, 0.717) is 25.7 Å². The van der Waals surface area contributed by atoms with Crippen LogP contribution in [0.3, 0.4) is 0 Å². The van der Waals surface area contributed by atoms with Crippen molar-refractivity contribution in [2.75, 3.05) is 28.2 Å². The number of ether oxygens (including phenoxy) is 12. The smallest absolute Gasteiger partial charge is 0.202 e. The van der Waals surface area contributed by atoms with E-state index in [2.05, 4.69) is 0 Å². The van der Waals surface area contributed by atoms with Crippen molar-refractivity contribution in [1.29, 1.82) is 0 Å². The number of rotatable bonds is 15. The first kappa shape index (κ1) is 63.4. The molecule has 0 radical (unpaired) electrons. The van der Waals surface area contributed by atoms with Gasteiger partial charge >= 0.3 is 0 Å². The van der Waals surface area contributed by atoms with Crippen LogP contribution in [-0.2, 0) is 56.8 Å². The summed E-state index contributed by atoms with van der Waals surface area (Å²) in [5, 5.41) is 92.7. The van der Waals surface area contributed by atoms with E-state index >= 15 is 0 Å². The number of fused-ring (bicyclic) bond motifs is 3. The molecule has 0 bridgehead atoms. The molecule has 0 amide bonds. The normalized spacial score (nSPS) is 42.8. The zero-order chi connectivity index (χ0) is 60.5. The molecule has 25 atom stereocenters. The van der Waals surface area contributed by atoms with Gasteiger partial charge in [-0.25, -0.2) is 0 Å². The monoisotopic (exact) mass is 1190 g/mol. The zero-order valence-electron chi connectivity index (χ0n) is 49.8. The second-order valence-electron chi connectivity index (χ2n) is 24.9. The van der Waals surface area contributed by atoms with Crippen LogP contribution in [0.4, 0.5) is 0 Å². The van der Waals surface area contributed by atoms with Gasteiger partial charge in [-0.2, -0.15) is 0 Å². The molecular formula is C60H88N2O22. The molecule has 470 valence electrons. The first-order chi connectivity index (χ1) is 39.8. The van der Waals surface area contributed by atoms with E-state index in [1.165, 1.54) is 18.2 Å². The van der Waals surface area contributed by atoms with Gasteiger partial charge in [0.05, 0.1) is 95.5 Å². The second-order valence-corrected chi connectivity index (χ2v) is 24.9. The quantitative estimate of drug-likeness (QED) is 0.101. The summed E-state index contributed by atoms with van der Waals surface area (Å²) in [6.07, 6.45) is -15.0. The molecule has 10 rings (SSSR count). The zero-order valence-corrected chi connectivity index (χ0v) is 49.8. The first-order valence-electron chi connectivity index (χ1n) is 29.9. The topological polar surface area (TPSA) is 313 Å². The van der Waals surface area contributed by atoms with E-state index in [0.717, 1.165) is 0 Å². The molecule has 6 aliphatic heterocycles. The predicted molar refractivity (Wildman–Crippen MR) is 294 cm³/mol. The number of hydrogen-bond acceptors (Lipinski definition) is 24. The van der Waals surface area contributed by atoms with E-state index in [9.17, 15) is 50.4 Å². The Labute approximate surface area is 490 Å². The summed E-state index contributed by atoms with van der Waals surface area (Å²) in [7, 11) is 7.40. The molecule has 8 N–H and O–H groups in total. The highest BCUT2D eigenvalue weighted by molar-refractivity contribution is 6.31. The number of aromatic hydroxyl groups is 3. The van der Waals surface area contributed by atoms with Crippen LogP contribution in [0.2, 0.25) is 0 Å². The van der Waals surface area contributed by atoms with E-state index in [1.54, 1.807) is 34.6 Å². The third kappa shape index (κ3) is 12.4. The summed E-state index contributed by atoms with van der Waals surface area (Å²) >= 11 is 0. The van der Waals surface area contributed by atoms with Crippen molar-refractivity contribution in [3.63, 3.8) is 0 Å². The van der Waals surface area contributed by atoms with Crippen LogP contribution in [0, 0.1) is 0 Å². The maximum atomic E-state index is 14.6. The van der Waals surface area contributed by atoms with Gasteiger partial charge in [-0.15, -0.1) is 0 Å². The van der Waals surface area contributed by atoms with Gasteiger partial charge in [-0.05, 0) is 95.1 Å². The van der Waals surface area contributed by atoms with E-state index in [-0.39, 0.29) is 85.2 Å². The summed E-state index contributed by atoms with van der Waals surface area (Å²) in [6.45, 7) is 12.5. The number of ketones is 2. The van der Waals surface area contributed by atoms with Gasteiger partial charge in [0.2, 0.25) is 5.78 Å². The van der Waals surface area contributed by atoms with Crippen molar-refractivity contribution < 1.29 is 107 Å². The Morgan fingerprint density at radius 3 is 1.42 bits per heavy atom. The third-order valence-electron chi connectivity index (χ3n) is 18.7. The van der Waals surface area contributed by atoms with Gasteiger partial charge in [0.1, 0.15) is 41.7 Å². The molecule has 2 aliphatic carbocycles. The third-order valence-corrected chi connectivity index (χ3v) is 18.7. The van der Waals surface area contributed by atoms with Gasteiger partial charge in [-0.3, -0.25) is 9.59 Å². The standard InChI is InChI=1S/C60H88N2O22/c1-12-60(72)24-39(81-55-27(4)75-42(20-32(55)61(8)9)82-57-29(6)77-44(22-35(57)64)79-37-16-18-40(66)73-25(37)2)47-50(54(71)48-49(53(47)70)52(69)46-31(51(48)68)14-13-15-34(46)63)59(60)84-56-28(5)76-43(21-33(56)62(10)11)83-58-30(7)78-45(23-36(58)65)80-38-17-19-41(67)74-26(38)3/h13-15,25-30,32-33,35-45,55-59,63-67,70-72H,12,16-24H2,1-11H3/t25-,26-,27-,28-,29-,30-,32-,33-,35-,36-,37-,38-,39-,40+,41+,42-,43-,44-,45-,55+,56+,57+,58+,59+,60+/m0/s1. The lowest BCUT2D eigenvalue weighted by Crippen LogP contribution is -2.59. The number of carbonyl (C=O) groups is 2. The Morgan fingerprint density at radius 2 is 0.964 bits per heavy atom. The summed E-state index contributed by atoms with van der Waals surface area (Å²) in [4.78, 5) is 33.1. The number of benzene rings is 2. The Bertz CT molecular complexity index is 2640. The minimum atomic E-state index is -1.90. The molecule has 2 aromatic carbocycles. The van der Waals surface area contributed by atoms with Crippen molar-refractivity contribution in [2.24, 2.45) is 0 Å². The van der Waals surface area contributed by atoms with Crippen LogP contribution in [0.15, 0.2) is 18.2 Å². The number of phenols is 3. The fraction of sp³-hybridized carbons (Fsp3) is 0.767. The maximum Gasteiger partial charge on any atom is 0.202 e. The molecule has 24 nitrogen and oxygen atoms in total. The Hall–Kier alpha value is -3.58. The van der Waals surface area contributed by atoms with Crippen LogP contribution in [0.5, 0.6) is 17.2 Å². The van der Waals surface area contributed by atoms with Gasteiger partial charge in [0, 0.05) is 73.7 Å². The van der Waals surface area contributed by atoms with E-state index in [4.69, 9.17) is 56.8 Å². The summed E-state index contributed by atoms with van der Waals surface area (Å²) in [5.41, 5.74) is -3.78. The highest BCUT2D eigenvalue weighted by Gasteiger charge is 2.56. The fourth-order valence-corrected chi connectivity index (χ4v) is 14.0. The average molecular weight is 1190 g/mol. The molecule has 0 saturated carbocycles. The Morgan fingerprint density at radius 1 is 0.524 bits per heavy atom. The molecule has 2 aromatic rings. The molecule has 0 aromatic heterocycles. The molecule has 6 heterocycles. The van der Waals surface area contributed by atoms with Gasteiger partial charge in [-0.1, -0.05) is 19.1 Å². The number of hydrogen-bond donors (Lipinski definition) is 8. The Balaban J connectivity index is 0.911. The van der Waals surface area contributed by atoms with Crippen molar-refractivity contribution in [3.8, 4) is 17.2 Å². The van der Waals surface area contributed by atoms with Crippen LogP contribution >= 0.6 is 0 Å². The largest absolute Gasteiger partial charge is 0.507 e. The van der Waals surface area contributed by atoms with Crippen molar-refractivity contribution in [2.45, 2.75) is 266 Å². The van der Waals surface area contributed by atoms with Gasteiger partial charge in [0.15, 0.2) is 43.5 Å². The maximum absolute atomic E-state index is 14.6. The molecular weight excluding hydrogens is 1100 g/mol. The van der Waals surface area contributed by atoms with Crippen LogP contribution in [0.25, 0.3) is 0 Å². The lowest BCUT2D eigenvalue weighted by Gasteiger charge is -2.51. The summed E-state index contributed by atoms with van der Waals surface area (Å²) in [6, 6.07) is 3.01. The number of aliphatic hydroxyl groups excluding tert-OH is 4. The van der Waals surface area contributed by atoms with Crippen LogP contribution < -0.4 is 0 Å². The molecule has 8 aliphatic rings. The predicted octanol–water partition coefficient (Wildman–Crippen LogP) is 3.67. The SMILES string of the molecule is CC[C@@]1(O)C[C@H](O[C@@H]2[C@H](C)O[C@@H](O[C@@H]3[C@H](C)O[C@@H](O[C@H]4CC[C@H](O)O[C@H]4C)C[C@@H]3O)C[C@@H]2N(C)C)c2c(O)c3c(c(O)c2[C@H]1O[C@@H]1[C@H](C)O[C@@H](O[C@@H]2[C@H](C)O[C@@H](O[C@H]4CC[C@H](O)O[C@H]4C)C[C@@H]2O)C[C@@H]1N(C)C)C(=O)c1cccc(O)c1C3=O. The number of aliphatic hydroxyl groups is 5. The average Bonchev–Trinajstić information content (AvgIpc) is 0.728. The van der Waals surface area contributed by atoms with E-state index < -0.39 is 169 Å². The van der Waals surface area contributed by atoms with Crippen molar-refractivity contribution in [1.82, 2.24) is 9.80 Å². The minimum Gasteiger partial charge on any atom is -0.507 e. The fourth-order valence-electron chi connectivity index (χ4n) is 14.0. The molecule has 6 fully saturated rings. The first-order valence-corrected chi connectivity index (χ1v) is 29.9. The summed E-state index contributed by atoms with van der Waals surface area (Å²) < 4.78 is 76.4. The second kappa shape index (κ2) is 25.5. The van der Waals surface area contributed by atoms with Crippen LogP contribution in [0.1, 0.15) is 168 Å². The number of phenolic OH excluding ortho intramolecular Hbond substituents is 3. The van der Waals surface area contributed by atoms with E-state index in [1.807, 2.05) is 51.8 Å². The van der Waals surface area contributed by atoms with Crippen LogP contribution in [-0.4, -0.2) is 231 Å². The van der Waals surface area contributed by atoms with Crippen molar-refractivity contribution in [3.05, 3.63) is 51.6 Å². The highest BCUT2D eigenvalue weighted by atomic mass is 16.7. The number of carbonyl (C=O) groups excluding carboxylic acids is 2. The lowest BCUT2D eigenvalue weighted by molar-refractivity contribution is -0.328.